The van der Waals surface area contributed by atoms with E-state index in [1.54, 1.807) is 43.7 Å². The molecule has 0 saturated carbocycles. The zero-order chi connectivity index (χ0) is 22.2. The van der Waals surface area contributed by atoms with Gasteiger partial charge >= 0.3 is 0 Å². The minimum atomic E-state index is -1.68. The fourth-order valence-electron chi connectivity index (χ4n) is 3.23. The van der Waals surface area contributed by atoms with E-state index >= 15 is 0 Å². The number of likely N-dealkylation sites (N-methyl/N-ethyl adjacent to an activating group) is 1. The number of amides is 2. The van der Waals surface area contributed by atoms with Crippen molar-refractivity contribution in [3.63, 3.8) is 0 Å². The summed E-state index contributed by atoms with van der Waals surface area (Å²) >= 11 is 0. The molecule has 31 heavy (non-hydrogen) atoms. The molecular formula is C22H20N6O3. The molecule has 0 unspecified atom stereocenters. The fraction of sp³-hybridized carbons (Fsp3) is 0.227. The van der Waals surface area contributed by atoms with E-state index in [2.05, 4.69) is 26.9 Å². The van der Waals surface area contributed by atoms with Crippen molar-refractivity contribution < 1.29 is 14.7 Å². The van der Waals surface area contributed by atoms with Crippen LogP contribution >= 0.6 is 0 Å². The molecule has 0 radical (unpaired) electrons. The molecule has 1 fully saturated rings. The third-order valence-corrected chi connectivity index (χ3v) is 4.96. The zero-order valence-electron chi connectivity index (χ0n) is 17.0. The van der Waals surface area contributed by atoms with Crippen LogP contribution in [0.1, 0.15) is 28.0 Å². The van der Waals surface area contributed by atoms with Crippen molar-refractivity contribution in [2.45, 2.75) is 18.9 Å². The number of carbonyl (C=O) groups excluding carboxylic acids is 2. The summed E-state index contributed by atoms with van der Waals surface area (Å²) in [6.07, 6.45) is 3.70. The van der Waals surface area contributed by atoms with Gasteiger partial charge in [0.15, 0.2) is 11.6 Å². The second kappa shape index (κ2) is 7.66. The van der Waals surface area contributed by atoms with Gasteiger partial charge in [-0.3, -0.25) is 9.59 Å². The molecule has 1 aliphatic heterocycles. The van der Waals surface area contributed by atoms with Gasteiger partial charge in [-0.2, -0.15) is 5.10 Å². The normalized spacial score (nSPS) is 18.0. The lowest BCUT2D eigenvalue weighted by Gasteiger charge is -2.13. The molecular weight excluding hydrogens is 396 g/mol. The topological polar surface area (TPSA) is 127 Å². The number of aryl methyl sites for hydroxylation is 1. The summed E-state index contributed by atoms with van der Waals surface area (Å²) < 4.78 is 1.54. The number of likely N-dealkylation sites (tertiary alicyclic amines) is 1. The molecule has 1 aromatic carbocycles. The van der Waals surface area contributed by atoms with Crippen molar-refractivity contribution in [1.29, 1.82) is 0 Å². The molecule has 3 N–H and O–H groups in total. The Bertz CT molecular complexity index is 1260. The molecule has 0 bridgehead atoms. The van der Waals surface area contributed by atoms with E-state index in [1.165, 1.54) is 15.6 Å². The van der Waals surface area contributed by atoms with Gasteiger partial charge in [0.05, 0.1) is 6.20 Å². The monoisotopic (exact) mass is 416 g/mol. The Labute approximate surface area is 178 Å². The molecule has 2 aromatic heterocycles. The van der Waals surface area contributed by atoms with Crippen molar-refractivity contribution >= 4 is 11.8 Å². The van der Waals surface area contributed by atoms with Gasteiger partial charge in [0.1, 0.15) is 5.69 Å². The van der Waals surface area contributed by atoms with E-state index in [0.717, 1.165) is 5.56 Å². The van der Waals surface area contributed by atoms with Crippen LogP contribution in [0.25, 0.3) is 17.2 Å². The second-order valence-corrected chi connectivity index (χ2v) is 7.43. The Hall–Kier alpha value is -4.03. The van der Waals surface area contributed by atoms with Crippen molar-refractivity contribution in [3.8, 4) is 29.0 Å². The highest BCUT2D eigenvalue weighted by Gasteiger charge is 2.42. The zero-order valence-corrected chi connectivity index (χ0v) is 17.0. The summed E-state index contributed by atoms with van der Waals surface area (Å²) in [4.78, 5) is 34.1. The lowest BCUT2D eigenvalue weighted by molar-refractivity contribution is -0.137. The van der Waals surface area contributed by atoms with Crippen molar-refractivity contribution in [3.05, 3.63) is 59.5 Å². The fourth-order valence-corrected chi connectivity index (χ4v) is 3.23. The summed E-state index contributed by atoms with van der Waals surface area (Å²) in [7, 11) is 1.63. The molecule has 0 spiro atoms. The van der Waals surface area contributed by atoms with Gasteiger partial charge in [-0.1, -0.05) is 24.0 Å². The number of rotatable bonds is 3. The predicted molar refractivity (Wildman–Crippen MR) is 112 cm³/mol. The van der Waals surface area contributed by atoms with Gasteiger partial charge in [-0.05, 0) is 24.6 Å². The van der Waals surface area contributed by atoms with Crippen LogP contribution in [0.3, 0.4) is 0 Å². The molecule has 1 aliphatic rings. The van der Waals surface area contributed by atoms with Gasteiger partial charge in [0.25, 0.3) is 11.8 Å². The largest absolute Gasteiger partial charge is 0.369 e. The first-order valence-electron chi connectivity index (χ1n) is 9.57. The number of hydrogen-bond donors (Lipinski definition) is 2. The summed E-state index contributed by atoms with van der Waals surface area (Å²) in [5.74, 6) is 5.13. The Morgan fingerprint density at radius 1 is 1.29 bits per heavy atom. The molecule has 4 rings (SSSR count). The second-order valence-electron chi connectivity index (χ2n) is 7.43. The first kappa shape index (κ1) is 20.3. The molecule has 1 saturated heterocycles. The number of nitrogens with two attached hydrogens (primary N) is 1. The van der Waals surface area contributed by atoms with Gasteiger partial charge < -0.3 is 15.7 Å². The van der Waals surface area contributed by atoms with Crippen LogP contribution in [0, 0.1) is 18.8 Å². The molecule has 9 nitrogen and oxygen atoms in total. The number of hydrogen-bond acceptors (Lipinski definition) is 6. The maximum Gasteiger partial charge on any atom is 0.267 e. The standard InChI is InChI=1S/C22H20N6O3/c1-14-12-24-28(13-14)18-11-17(19(23)29)25-20(26-18)16-5-3-4-15(10-16)6-7-22(31)8-9-27(2)21(22)30/h3-5,10-13,31H,8-9H2,1-2H3,(H2,23,29)/t22-/m0/s1. The first-order valence-corrected chi connectivity index (χ1v) is 9.57. The molecule has 156 valence electrons. The predicted octanol–water partition coefficient (Wildman–Crippen LogP) is 0.681. The summed E-state index contributed by atoms with van der Waals surface area (Å²) in [5.41, 5.74) is 5.93. The van der Waals surface area contributed by atoms with Gasteiger partial charge in [-0.25, -0.2) is 14.6 Å². The average molecular weight is 416 g/mol. The van der Waals surface area contributed by atoms with Crippen LogP contribution in [0.5, 0.6) is 0 Å². The summed E-state index contributed by atoms with van der Waals surface area (Å²) in [5, 5.41) is 14.7. The van der Waals surface area contributed by atoms with E-state index in [-0.39, 0.29) is 17.9 Å². The van der Waals surface area contributed by atoms with Crippen molar-refractivity contribution in [2.75, 3.05) is 13.6 Å². The van der Waals surface area contributed by atoms with Gasteiger partial charge in [0.2, 0.25) is 5.60 Å². The van der Waals surface area contributed by atoms with Gasteiger partial charge in [0, 0.05) is 43.4 Å². The minimum Gasteiger partial charge on any atom is -0.369 e. The summed E-state index contributed by atoms with van der Waals surface area (Å²) in [6.45, 7) is 2.34. The van der Waals surface area contributed by atoms with Crippen LogP contribution in [0.15, 0.2) is 42.7 Å². The van der Waals surface area contributed by atoms with Gasteiger partial charge in [-0.15, -0.1) is 0 Å². The molecule has 9 heteroatoms. The number of aliphatic hydroxyl groups is 1. The van der Waals surface area contributed by atoms with Crippen molar-refractivity contribution in [1.82, 2.24) is 24.6 Å². The maximum atomic E-state index is 12.1. The molecule has 1 atom stereocenters. The minimum absolute atomic E-state index is 0.0542. The highest BCUT2D eigenvalue weighted by atomic mass is 16.3. The number of carbonyl (C=O) groups is 2. The van der Waals surface area contributed by atoms with Crippen LogP contribution in [-0.4, -0.2) is 60.8 Å². The first-order chi connectivity index (χ1) is 14.7. The number of primary amides is 1. The van der Waals surface area contributed by atoms with E-state index in [4.69, 9.17) is 5.73 Å². The highest BCUT2D eigenvalue weighted by molar-refractivity contribution is 5.92. The number of benzene rings is 1. The third-order valence-electron chi connectivity index (χ3n) is 4.96. The lowest BCUT2D eigenvalue weighted by Crippen LogP contribution is -2.37. The van der Waals surface area contributed by atoms with E-state index in [1.807, 2.05) is 6.92 Å². The Kier molecular flexibility index (Phi) is 5.01. The Balaban J connectivity index is 1.73. The van der Waals surface area contributed by atoms with E-state index in [0.29, 0.717) is 23.5 Å². The third kappa shape index (κ3) is 4.01. The van der Waals surface area contributed by atoms with Crippen LogP contribution in [-0.2, 0) is 4.79 Å². The van der Waals surface area contributed by atoms with Crippen molar-refractivity contribution in [2.24, 2.45) is 5.73 Å². The number of aromatic nitrogens is 4. The molecule has 0 aliphatic carbocycles. The van der Waals surface area contributed by atoms with Crippen LogP contribution in [0.2, 0.25) is 0 Å². The molecule has 3 aromatic rings. The average Bonchev–Trinajstić information content (AvgIpc) is 3.31. The lowest BCUT2D eigenvalue weighted by atomic mass is 10.0. The van der Waals surface area contributed by atoms with E-state index < -0.39 is 17.4 Å². The highest BCUT2D eigenvalue weighted by Crippen LogP contribution is 2.22. The number of nitrogens with zero attached hydrogens (tertiary/aromatic N) is 5. The SMILES string of the molecule is Cc1cnn(-c2cc(C(N)=O)nc(-c3cccc(C#C[C@]4(O)CCN(C)C4=O)c3)n2)c1. The maximum absolute atomic E-state index is 12.1. The van der Waals surface area contributed by atoms with Crippen LogP contribution < -0.4 is 5.73 Å². The van der Waals surface area contributed by atoms with E-state index in [9.17, 15) is 14.7 Å². The quantitative estimate of drug-likeness (QED) is 0.605. The van der Waals surface area contributed by atoms with Crippen LogP contribution in [0.4, 0.5) is 0 Å². The molecule has 3 heterocycles. The Morgan fingerprint density at radius 3 is 2.74 bits per heavy atom. The Morgan fingerprint density at radius 2 is 2.10 bits per heavy atom. The molecule has 2 amide bonds. The smallest absolute Gasteiger partial charge is 0.267 e. The summed E-state index contributed by atoms with van der Waals surface area (Å²) in [6, 6.07) is 8.47.